The van der Waals surface area contributed by atoms with E-state index in [-0.39, 0.29) is 11.8 Å². The zero-order chi connectivity index (χ0) is 12.1. The monoisotopic (exact) mass is 215 g/mol. The maximum absolute atomic E-state index is 10.5. The van der Waals surface area contributed by atoms with E-state index in [2.05, 4.69) is 22.5 Å². The van der Waals surface area contributed by atoms with Crippen LogP contribution in [0, 0.1) is 0 Å². The summed E-state index contributed by atoms with van der Waals surface area (Å²) < 4.78 is 0. The molecule has 0 heterocycles. The molecule has 0 radical (unpaired) electrons. The third-order valence-corrected chi connectivity index (χ3v) is 1.49. The lowest BCUT2D eigenvalue weighted by atomic mass is 10.4. The van der Waals surface area contributed by atoms with E-state index in [0.29, 0.717) is 6.42 Å². The standard InChI is InChI=1S/C6H14N2O.C4H7NO/c1-3-8-5-4-6(9)7-2;1-3-4(6)5-2/h8H,3-5H2,1-2H3,(H,7,9);3H,1H2,2H3,(H,5,6). The first-order valence-corrected chi connectivity index (χ1v) is 4.87. The Morgan fingerprint density at radius 3 is 2.13 bits per heavy atom. The van der Waals surface area contributed by atoms with Gasteiger partial charge in [-0.1, -0.05) is 13.5 Å². The van der Waals surface area contributed by atoms with Gasteiger partial charge in [0.25, 0.3) is 0 Å². The van der Waals surface area contributed by atoms with Gasteiger partial charge in [-0.15, -0.1) is 0 Å². The first kappa shape index (κ1) is 16.1. The van der Waals surface area contributed by atoms with E-state index in [9.17, 15) is 9.59 Å². The summed E-state index contributed by atoms with van der Waals surface area (Å²) in [6.07, 6.45) is 1.80. The maximum Gasteiger partial charge on any atom is 0.243 e. The van der Waals surface area contributed by atoms with Gasteiger partial charge in [0.05, 0.1) is 0 Å². The first-order valence-electron chi connectivity index (χ1n) is 4.87. The van der Waals surface area contributed by atoms with Gasteiger partial charge in [0.2, 0.25) is 11.8 Å². The summed E-state index contributed by atoms with van der Waals surface area (Å²) >= 11 is 0. The molecule has 0 aliphatic heterocycles. The Hall–Kier alpha value is -1.36. The largest absolute Gasteiger partial charge is 0.359 e. The van der Waals surface area contributed by atoms with Crippen molar-refractivity contribution in [2.24, 2.45) is 0 Å². The summed E-state index contributed by atoms with van der Waals surface area (Å²) in [7, 11) is 3.21. The second kappa shape index (κ2) is 12.6. The quantitative estimate of drug-likeness (QED) is 0.434. The van der Waals surface area contributed by atoms with Crippen LogP contribution in [-0.2, 0) is 9.59 Å². The summed E-state index contributed by atoms with van der Waals surface area (Å²) in [5.41, 5.74) is 0. The molecular weight excluding hydrogens is 194 g/mol. The van der Waals surface area contributed by atoms with Gasteiger partial charge in [0.15, 0.2) is 0 Å². The van der Waals surface area contributed by atoms with Gasteiger partial charge in [-0.25, -0.2) is 0 Å². The van der Waals surface area contributed by atoms with Crippen molar-refractivity contribution in [1.82, 2.24) is 16.0 Å². The number of hydrogen-bond donors (Lipinski definition) is 3. The molecule has 0 aromatic carbocycles. The zero-order valence-corrected chi connectivity index (χ0v) is 9.72. The second-order valence-electron chi connectivity index (χ2n) is 2.60. The Labute approximate surface area is 91.3 Å². The van der Waals surface area contributed by atoms with Crippen molar-refractivity contribution >= 4 is 11.8 Å². The average Bonchev–Trinajstić information content (AvgIpc) is 2.28. The van der Waals surface area contributed by atoms with Crippen LogP contribution in [0.1, 0.15) is 13.3 Å². The smallest absolute Gasteiger partial charge is 0.243 e. The van der Waals surface area contributed by atoms with Gasteiger partial charge < -0.3 is 16.0 Å². The van der Waals surface area contributed by atoms with E-state index in [4.69, 9.17) is 0 Å². The summed E-state index contributed by atoms with van der Waals surface area (Å²) in [6, 6.07) is 0. The molecule has 5 nitrogen and oxygen atoms in total. The number of likely N-dealkylation sites (N-methyl/N-ethyl adjacent to an activating group) is 1. The van der Waals surface area contributed by atoms with Gasteiger partial charge in [0, 0.05) is 27.1 Å². The second-order valence-corrected chi connectivity index (χ2v) is 2.60. The van der Waals surface area contributed by atoms with Crippen molar-refractivity contribution in [3.05, 3.63) is 12.7 Å². The van der Waals surface area contributed by atoms with E-state index < -0.39 is 0 Å². The number of carbonyl (C=O) groups excluding carboxylic acids is 2. The highest BCUT2D eigenvalue weighted by Crippen LogP contribution is 1.73. The minimum atomic E-state index is -0.144. The predicted octanol–water partition coefficient (Wildman–Crippen LogP) is -0.350. The third kappa shape index (κ3) is 15.4. The van der Waals surface area contributed by atoms with Crippen molar-refractivity contribution < 1.29 is 9.59 Å². The van der Waals surface area contributed by atoms with Crippen molar-refractivity contribution in [3.8, 4) is 0 Å². The Morgan fingerprint density at radius 2 is 1.87 bits per heavy atom. The van der Waals surface area contributed by atoms with Crippen molar-refractivity contribution in [2.75, 3.05) is 27.2 Å². The van der Waals surface area contributed by atoms with Crippen LogP contribution in [0.15, 0.2) is 12.7 Å². The van der Waals surface area contributed by atoms with Gasteiger partial charge in [-0.05, 0) is 12.6 Å². The van der Waals surface area contributed by atoms with E-state index in [1.165, 1.54) is 6.08 Å². The fourth-order valence-corrected chi connectivity index (χ4v) is 0.606. The lowest BCUT2D eigenvalue weighted by Crippen LogP contribution is -2.24. The molecule has 0 aromatic rings. The Morgan fingerprint density at radius 1 is 1.27 bits per heavy atom. The van der Waals surface area contributed by atoms with Crippen molar-refractivity contribution in [3.63, 3.8) is 0 Å². The van der Waals surface area contributed by atoms with Crippen LogP contribution in [0.2, 0.25) is 0 Å². The Kier molecular flexibility index (Phi) is 13.6. The minimum absolute atomic E-state index is 0.0935. The molecule has 5 heteroatoms. The SMILES string of the molecule is C=CC(=O)NC.CCNCCC(=O)NC. The summed E-state index contributed by atoms with van der Waals surface area (Å²) in [5.74, 6) is -0.0500. The molecule has 0 bridgehead atoms. The topological polar surface area (TPSA) is 70.2 Å². The summed E-state index contributed by atoms with van der Waals surface area (Å²) in [6.45, 7) is 6.94. The van der Waals surface area contributed by atoms with Gasteiger partial charge in [-0.3, -0.25) is 9.59 Å². The number of hydrogen-bond acceptors (Lipinski definition) is 3. The first-order chi connectivity index (χ1) is 7.12. The molecule has 0 atom stereocenters. The van der Waals surface area contributed by atoms with Crippen LogP contribution in [0.5, 0.6) is 0 Å². The molecule has 0 spiro atoms. The molecule has 2 amide bonds. The lowest BCUT2D eigenvalue weighted by molar-refractivity contribution is -0.120. The van der Waals surface area contributed by atoms with Crippen LogP contribution in [0.3, 0.4) is 0 Å². The zero-order valence-electron chi connectivity index (χ0n) is 9.72. The van der Waals surface area contributed by atoms with E-state index in [0.717, 1.165) is 13.1 Å². The molecule has 0 unspecified atom stereocenters. The number of rotatable bonds is 5. The van der Waals surface area contributed by atoms with Gasteiger partial charge >= 0.3 is 0 Å². The van der Waals surface area contributed by atoms with Gasteiger partial charge in [0.1, 0.15) is 0 Å². The maximum atomic E-state index is 10.5. The van der Waals surface area contributed by atoms with Gasteiger partial charge in [-0.2, -0.15) is 0 Å². The molecule has 0 saturated heterocycles. The van der Waals surface area contributed by atoms with E-state index >= 15 is 0 Å². The highest BCUT2D eigenvalue weighted by Gasteiger charge is 1.93. The van der Waals surface area contributed by atoms with Crippen molar-refractivity contribution in [1.29, 1.82) is 0 Å². The molecule has 15 heavy (non-hydrogen) atoms. The molecule has 0 saturated carbocycles. The van der Waals surface area contributed by atoms with Crippen LogP contribution in [0.4, 0.5) is 0 Å². The van der Waals surface area contributed by atoms with Crippen LogP contribution in [-0.4, -0.2) is 39.0 Å². The summed E-state index contributed by atoms with van der Waals surface area (Å²) in [5, 5.41) is 7.96. The number of nitrogens with one attached hydrogen (secondary N) is 3. The molecular formula is C10H21N3O2. The van der Waals surface area contributed by atoms with Crippen LogP contribution in [0.25, 0.3) is 0 Å². The number of carbonyl (C=O) groups is 2. The number of amides is 2. The van der Waals surface area contributed by atoms with E-state index in [1.807, 2.05) is 6.92 Å². The molecule has 0 aliphatic rings. The molecule has 0 fully saturated rings. The van der Waals surface area contributed by atoms with Crippen molar-refractivity contribution in [2.45, 2.75) is 13.3 Å². The minimum Gasteiger partial charge on any atom is -0.359 e. The average molecular weight is 215 g/mol. The van der Waals surface area contributed by atoms with E-state index in [1.54, 1.807) is 14.1 Å². The molecule has 3 N–H and O–H groups in total. The highest BCUT2D eigenvalue weighted by atomic mass is 16.2. The fraction of sp³-hybridized carbons (Fsp3) is 0.600. The summed E-state index contributed by atoms with van der Waals surface area (Å²) in [4.78, 5) is 20.5. The normalized spacial score (nSPS) is 8.20. The molecule has 0 aliphatic carbocycles. The molecule has 0 aromatic heterocycles. The molecule has 0 rings (SSSR count). The molecule has 88 valence electrons. The van der Waals surface area contributed by atoms with Crippen LogP contribution < -0.4 is 16.0 Å². The van der Waals surface area contributed by atoms with Crippen LogP contribution >= 0.6 is 0 Å². The lowest BCUT2D eigenvalue weighted by Gasteiger charge is -1.98. The third-order valence-electron chi connectivity index (χ3n) is 1.49. The Balaban J connectivity index is 0. The predicted molar refractivity (Wildman–Crippen MR) is 61.5 cm³/mol. The fourth-order valence-electron chi connectivity index (χ4n) is 0.606. The Bertz CT molecular complexity index is 193. The highest BCUT2D eigenvalue weighted by molar-refractivity contribution is 5.86.